The highest BCUT2D eigenvalue weighted by molar-refractivity contribution is 7.13. The number of carbonyl (C=O) groups excluding carboxylic acids is 1. The molecule has 1 saturated heterocycles. The first kappa shape index (κ1) is 13.3. The van der Waals surface area contributed by atoms with Gasteiger partial charge in [-0.1, -0.05) is 18.2 Å². The predicted octanol–water partition coefficient (Wildman–Crippen LogP) is 2.90. The Morgan fingerprint density at radius 1 is 1.41 bits per heavy atom. The van der Waals surface area contributed by atoms with Gasteiger partial charge in [-0.3, -0.25) is 4.79 Å². The number of amides is 1. The molecule has 5 nitrogen and oxygen atoms in total. The van der Waals surface area contributed by atoms with E-state index in [0.29, 0.717) is 5.76 Å². The quantitative estimate of drug-likeness (QED) is 0.808. The molecule has 22 heavy (non-hydrogen) atoms. The first-order valence-corrected chi connectivity index (χ1v) is 8.11. The second kappa shape index (κ2) is 5.46. The highest BCUT2D eigenvalue weighted by Gasteiger charge is 2.26. The number of rotatable bonds is 3. The molecule has 112 valence electrons. The Morgan fingerprint density at radius 2 is 2.32 bits per heavy atom. The van der Waals surface area contributed by atoms with Crippen molar-refractivity contribution in [2.75, 3.05) is 18.0 Å². The molecule has 3 aromatic rings. The number of carbonyl (C=O) groups is 1. The van der Waals surface area contributed by atoms with Crippen LogP contribution in [0.1, 0.15) is 17.0 Å². The van der Waals surface area contributed by atoms with E-state index >= 15 is 0 Å². The van der Waals surface area contributed by atoms with E-state index in [0.717, 1.165) is 35.6 Å². The summed E-state index contributed by atoms with van der Waals surface area (Å²) in [5, 5.41) is 6.98. The molecule has 1 aliphatic heterocycles. The fourth-order valence-electron chi connectivity index (χ4n) is 2.77. The van der Waals surface area contributed by atoms with Gasteiger partial charge in [0.1, 0.15) is 5.58 Å². The highest BCUT2D eigenvalue weighted by Crippen LogP contribution is 2.23. The van der Waals surface area contributed by atoms with Crippen LogP contribution in [0.2, 0.25) is 0 Å². The molecule has 0 aliphatic carbocycles. The van der Waals surface area contributed by atoms with E-state index in [9.17, 15) is 4.79 Å². The molecule has 0 radical (unpaired) electrons. The number of nitrogens with zero attached hydrogens (tertiary/aromatic N) is 2. The van der Waals surface area contributed by atoms with Crippen molar-refractivity contribution in [2.24, 2.45) is 0 Å². The predicted molar refractivity (Wildman–Crippen MR) is 86.4 cm³/mol. The average molecular weight is 313 g/mol. The summed E-state index contributed by atoms with van der Waals surface area (Å²) in [6.07, 6.45) is 2.73. The van der Waals surface area contributed by atoms with Crippen LogP contribution in [0.4, 0.5) is 5.13 Å². The lowest BCUT2D eigenvalue weighted by Gasteiger charge is -2.15. The largest absolute Gasteiger partial charge is 0.451 e. The van der Waals surface area contributed by atoms with Gasteiger partial charge >= 0.3 is 0 Å². The molecule has 2 aromatic heterocycles. The van der Waals surface area contributed by atoms with Crippen molar-refractivity contribution in [3.63, 3.8) is 0 Å². The van der Waals surface area contributed by atoms with Crippen molar-refractivity contribution < 1.29 is 9.21 Å². The minimum atomic E-state index is -0.151. The zero-order chi connectivity index (χ0) is 14.9. The molecule has 1 atom stereocenters. The fourth-order valence-corrected chi connectivity index (χ4v) is 3.45. The number of hydrogen-bond acceptors (Lipinski definition) is 5. The molecule has 0 spiro atoms. The summed E-state index contributed by atoms with van der Waals surface area (Å²) >= 11 is 1.62. The number of anilines is 1. The van der Waals surface area contributed by atoms with Crippen molar-refractivity contribution in [1.82, 2.24) is 10.3 Å². The minimum absolute atomic E-state index is 0.129. The SMILES string of the molecule is O=C(NC1CCN(c2nccs2)C1)c1cc2ccccc2o1. The molecular formula is C16H15N3O2S. The molecule has 1 fully saturated rings. The van der Waals surface area contributed by atoms with Gasteiger partial charge in [-0.15, -0.1) is 11.3 Å². The van der Waals surface area contributed by atoms with E-state index in [1.807, 2.05) is 29.6 Å². The van der Waals surface area contributed by atoms with Gasteiger partial charge in [0, 0.05) is 36.1 Å². The third kappa shape index (κ3) is 2.46. The lowest BCUT2D eigenvalue weighted by molar-refractivity contribution is 0.0914. The smallest absolute Gasteiger partial charge is 0.287 e. The standard InChI is InChI=1S/C16H15N3O2S/c20-15(14-9-11-3-1-2-4-13(11)21-14)18-12-5-7-19(10-12)16-17-6-8-22-16/h1-4,6,8-9,12H,5,7,10H2,(H,18,20). The summed E-state index contributed by atoms with van der Waals surface area (Å²) in [6.45, 7) is 1.71. The van der Waals surface area contributed by atoms with Crippen LogP contribution in [-0.2, 0) is 0 Å². The number of aromatic nitrogens is 1. The molecule has 0 bridgehead atoms. The third-order valence-electron chi connectivity index (χ3n) is 3.86. The Balaban J connectivity index is 1.44. The first-order valence-electron chi connectivity index (χ1n) is 7.23. The number of fused-ring (bicyclic) bond motifs is 1. The molecular weight excluding hydrogens is 298 g/mol. The summed E-state index contributed by atoms with van der Waals surface area (Å²) in [4.78, 5) is 18.8. The Labute approximate surface area is 131 Å². The van der Waals surface area contributed by atoms with Gasteiger partial charge in [0.15, 0.2) is 10.9 Å². The second-order valence-electron chi connectivity index (χ2n) is 5.37. The van der Waals surface area contributed by atoms with Gasteiger partial charge in [0.05, 0.1) is 0 Å². The van der Waals surface area contributed by atoms with E-state index in [2.05, 4.69) is 15.2 Å². The highest BCUT2D eigenvalue weighted by atomic mass is 32.1. The maximum atomic E-state index is 12.3. The maximum absolute atomic E-state index is 12.3. The van der Waals surface area contributed by atoms with E-state index in [4.69, 9.17) is 4.42 Å². The molecule has 3 heterocycles. The first-order chi connectivity index (χ1) is 10.8. The minimum Gasteiger partial charge on any atom is -0.451 e. The molecule has 1 unspecified atom stereocenters. The number of furan rings is 1. The van der Waals surface area contributed by atoms with E-state index in [1.165, 1.54) is 0 Å². The Hall–Kier alpha value is -2.34. The van der Waals surface area contributed by atoms with Crippen LogP contribution in [0, 0.1) is 0 Å². The van der Waals surface area contributed by atoms with Gasteiger partial charge < -0.3 is 14.6 Å². The number of hydrogen-bond donors (Lipinski definition) is 1. The van der Waals surface area contributed by atoms with Crippen LogP contribution >= 0.6 is 11.3 Å². The number of para-hydroxylation sites is 1. The molecule has 1 N–H and O–H groups in total. The fraction of sp³-hybridized carbons (Fsp3) is 0.250. The topological polar surface area (TPSA) is 58.4 Å². The van der Waals surface area contributed by atoms with Crippen molar-refractivity contribution in [1.29, 1.82) is 0 Å². The zero-order valence-electron chi connectivity index (χ0n) is 11.9. The van der Waals surface area contributed by atoms with Crippen molar-refractivity contribution >= 4 is 33.3 Å². The number of thiazole rings is 1. The Bertz CT molecular complexity index is 764. The Kier molecular flexibility index (Phi) is 3.31. The number of benzene rings is 1. The van der Waals surface area contributed by atoms with Gasteiger partial charge in [-0.05, 0) is 18.6 Å². The monoisotopic (exact) mass is 313 g/mol. The molecule has 0 saturated carbocycles. The van der Waals surface area contributed by atoms with Gasteiger partial charge in [0.25, 0.3) is 5.91 Å². The molecule has 1 aromatic carbocycles. The van der Waals surface area contributed by atoms with Crippen LogP contribution in [-0.4, -0.2) is 30.0 Å². The van der Waals surface area contributed by atoms with Crippen LogP contribution in [0.3, 0.4) is 0 Å². The van der Waals surface area contributed by atoms with Crippen molar-refractivity contribution in [3.05, 3.63) is 47.7 Å². The third-order valence-corrected chi connectivity index (χ3v) is 4.69. The normalized spacial score (nSPS) is 18.0. The Morgan fingerprint density at radius 3 is 3.14 bits per heavy atom. The summed E-state index contributed by atoms with van der Waals surface area (Å²) in [5.41, 5.74) is 0.739. The van der Waals surface area contributed by atoms with Gasteiger partial charge in [-0.2, -0.15) is 0 Å². The van der Waals surface area contributed by atoms with E-state index < -0.39 is 0 Å². The lowest BCUT2D eigenvalue weighted by atomic mass is 10.2. The van der Waals surface area contributed by atoms with Crippen molar-refractivity contribution in [3.8, 4) is 0 Å². The van der Waals surface area contributed by atoms with Crippen LogP contribution in [0.15, 0.2) is 46.3 Å². The van der Waals surface area contributed by atoms with Gasteiger partial charge in [0.2, 0.25) is 0 Å². The molecule has 6 heteroatoms. The van der Waals surface area contributed by atoms with E-state index in [1.54, 1.807) is 23.6 Å². The van der Waals surface area contributed by atoms with Crippen molar-refractivity contribution in [2.45, 2.75) is 12.5 Å². The average Bonchev–Trinajstić information content (AvgIpc) is 3.26. The van der Waals surface area contributed by atoms with Crippen LogP contribution in [0.5, 0.6) is 0 Å². The molecule has 1 amide bonds. The zero-order valence-corrected chi connectivity index (χ0v) is 12.7. The number of nitrogens with one attached hydrogen (secondary N) is 1. The second-order valence-corrected chi connectivity index (χ2v) is 6.24. The summed E-state index contributed by atoms with van der Waals surface area (Å²) in [5.74, 6) is 0.219. The summed E-state index contributed by atoms with van der Waals surface area (Å²) in [7, 11) is 0. The summed E-state index contributed by atoms with van der Waals surface area (Å²) in [6, 6.07) is 9.56. The molecule has 1 aliphatic rings. The van der Waals surface area contributed by atoms with E-state index in [-0.39, 0.29) is 11.9 Å². The van der Waals surface area contributed by atoms with Crippen LogP contribution in [0.25, 0.3) is 11.0 Å². The maximum Gasteiger partial charge on any atom is 0.287 e. The summed E-state index contributed by atoms with van der Waals surface area (Å²) < 4.78 is 5.60. The lowest BCUT2D eigenvalue weighted by Crippen LogP contribution is -2.36. The molecule has 4 rings (SSSR count). The van der Waals surface area contributed by atoms with Crippen LogP contribution < -0.4 is 10.2 Å². The van der Waals surface area contributed by atoms with Gasteiger partial charge in [-0.25, -0.2) is 4.98 Å².